The summed E-state index contributed by atoms with van der Waals surface area (Å²) in [6, 6.07) is 1.41. The summed E-state index contributed by atoms with van der Waals surface area (Å²) in [7, 11) is 0. The summed E-state index contributed by atoms with van der Waals surface area (Å²) < 4.78 is 0. The number of pyridine rings is 1. The van der Waals surface area contributed by atoms with Crippen LogP contribution in [-0.4, -0.2) is 33.2 Å². The van der Waals surface area contributed by atoms with Gasteiger partial charge in [-0.2, -0.15) is 0 Å². The number of hydrogen-bond donors (Lipinski definition) is 0. The molecule has 1 aromatic rings. The van der Waals surface area contributed by atoms with Gasteiger partial charge in [-0.25, -0.2) is 4.98 Å². The zero-order valence-corrected chi connectivity index (χ0v) is 12.6. The minimum absolute atomic E-state index is 0.000315. The van der Waals surface area contributed by atoms with Crippen molar-refractivity contribution >= 4 is 34.3 Å². The Bertz CT molecular complexity index is 605. The predicted octanol–water partition coefficient (Wildman–Crippen LogP) is 1.93. The molecule has 2 rings (SSSR count). The van der Waals surface area contributed by atoms with E-state index in [0.717, 1.165) is 0 Å². The van der Waals surface area contributed by atoms with Gasteiger partial charge >= 0.3 is 5.69 Å². The maximum Gasteiger partial charge on any atom is 0.312 e. The van der Waals surface area contributed by atoms with E-state index in [1.807, 2.05) is 0 Å². The van der Waals surface area contributed by atoms with E-state index < -0.39 is 4.92 Å². The molecule has 0 saturated carbocycles. The first-order valence-corrected chi connectivity index (χ1v) is 7.41. The number of hydrogen-bond acceptors (Lipinski definition) is 6. The number of rotatable bonds is 4. The lowest BCUT2D eigenvalue weighted by Gasteiger charge is -2.15. The Morgan fingerprint density at radius 1 is 1.62 bits per heavy atom. The normalized spacial score (nSPS) is 18.1. The molecule has 8 heteroatoms. The van der Waals surface area contributed by atoms with Gasteiger partial charge in [0.1, 0.15) is 0 Å². The summed E-state index contributed by atoms with van der Waals surface area (Å²) in [6.45, 7) is 3.55. The lowest BCUT2D eigenvalue weighted by molar-refractivity contribution is -0.384. The number of thioether (sulfide) groups is 1. The average Bonchev–Trinajstić information content (AvgIpc) is 2.77. The fraction of sp³-hybridized carbons (Fsp3) is 0.462. The summed E-state index contributed by atoms with van der Waals surface area (Å²) >= 11 is 1.17. The van der Waals surface area contributed by atoms with Crippen molar-refractivity contribution in [3.63, 3.8) is 0 Å². The second-order valence-electron chi connectivity index (χ2n) is 4.99. The first-order chi connectivity index (χ1) is 9.88. The summed E-state index contributed by atoms with van der Waals surface area (Å²) in [5, 5.41) is 11.1. The fourth-order valence-corrected chi connectivity index (χ4v) is 2.92. The van der Waals surface area contributed by atoms with E-state index in [9.17, 15) is 19.7 Å². The molecule has 1 aromatic heterocycles. The van der Waals surface area contributed by atoms with Gasteiger partial charge in [-0.3, -0.25) is 24.6 Å². The SMILES string of the molecule is CC(=O)SCC1CC(=O)N(c2ncc(C)cc2[N+](=O)[O-])C1. The highest BCUT2D eigenvalue weighted by molar-refractivity contribution is 8.13. The second kappa shape index (κ2) is 6.21. The number of carbonyl (C=O) groups is 2. The standard InChI is InChI=1S/C13H15N3O4S/c1-8-3-11(16(19)20)13(14-5-8)15-6-10(4-12(15)18)7-21-9(2)17/h3,5,10H,4,6-7H2,1-2H3. The molecular formula is C13H15N3O4S. The van der Waals surface area contributed by atoms with E-state index in [1.165, 1.54) is 35.8 Å². The van der Waals surface area contributed by atoms with Crippen LogP contribution in [0.4, 0.5) is 11.5 Å². The van der Waals surface area contributed by atoms with E-state index >= 15 is 0 Å². The molecule has 1 fully saturated rings. The minimum Gasteiger partial charge on any atom is -0.291 e. The number of aryl methyl sites for hydroxylation is 1. The Hall–Kier alpha value is -1.96. The number of carbonyl (C=O) groups excluding carboxylic acids is 2. The smallest absolute Gasteiger partial charge is 0.291 e. The van der Waals surface area contributed by atoms with E-state index in [-0.39, 0.29) is 34.9 Å². The third-order valence-corrected chi connectivity index (χ3v) is 4.21. The van der Waals surface area contributed by atoms with Crippen molar-refractivity contribution in [3.8, 4) is 0 Å². The quantitative estimate of drug-likeness (QED) is 0.623. The lowest BCUT2D eigenvalue weighted by atomic mass is 10.1. The van der Waals surface area contributed by atoms with Gasteiger partial charge in [0.25, 0.3) is 0 Å². The highest BCUT2D eigenvalue weighted by Gasteiger charge is 2.35. The topological polar surface area (TPSA) is 93.4 Å². The molecule has 1 aliphatic rings. The van der Waals surface area contributed by atoms with Crippen molar-refractivity contribution in [1.29, 1.82) is 0 Å². The van der Waals surface area contributed by atoms with Crippen LogP contribution in [0.3, 0.4) is 0 Å². The van der Waals surface area contributed by atoms with Gasteiger partial charge in [-0.05, 0) is 18.4 Å². The summed E-state index contributed by atoms with van der Waals surface area (Å²) in [4.78, 5) is 39.0. The fourth-order valence-electron chi connectivity index (χ4n) is 2.22. The summed E-state index contributed by atoms with van der Waals surface area (Å²) in [6.07, 6.45) is 1.79. The maximum absolute atomic E-state index is 12.1. The largest absolute Gasteiger partial charge is 0.312 e. The molecule has 0 aromatic carbocycles. The highest BCUT2D eigenvalue weighted by Crippen LogP contribution is 2.32. The van der Waals surface area contributed by atoms with Crippen LogP contribution >= 0.6 is 11.8 Å². The second-order valence-corrected chi connectivity index (χ2v) is 6.19. The van der Waals surface area contributed by atoms with E-state index in [0.29, 0.717) is 17.9 Å². The van der Waals surface area contributed by atoms with Crippen LogP contribution in [0.1, 0.15) is 18.9 Å². The van der Waals surface area contributed by atoms with Gasteiger partial charge in [0.15, 0.2) is 5.12 Å². The lowest BCUT2D eigenvalue weighted by Crippen LogP contribution is -2.26. The molecule has 0 aliphatic carbocycles. The molecule has 1 saturated heterocycles. The predicted molar refractivity (Wildman–Crippen MR) is 79.2 cm³/mol. The Morgan fingerprint density at radius 2 is 2.33 bits per heavy atom. The van der Waals surface area contributed by atoms with E-state index in [2.05, 4.69) is 4.98 Å². The van der Waals surface area contributed by atoms with Gasteiger partial charge < -0.3 is 0 Å². The number of nitrogens with zero attached hydrogens (tertiary/aromatic N) is 3. The molecule has 21 heavy (non-hydrogen) atoms. The zero-order chi connectivity index (χ0) is 15.6. The minimum atomic E-state index is -0.528. The number of nitro groups is 1. The van der Waals surface area contributed by atoms with Crippen LogP contribution < -0.4 is 4.90 Å². The van der Waals surface area contributed by atoms with E-state index in [4.69, 9.17) is 0 Å². The van der Waals surface area contributed by atoms with E-state index in [1.54, 1.807) is 6.92 Å². The molecule has 1 atom stereocenters. The van der Waals surface area contributed by atoms with Gasteiger partial charge in [0.05, 0.1) is 4.92 Å². The average molecular weight is 309 g/mol. The van der Waals surface area contributed by atoms with Crippen molar-refractivity contribution in [3.05, 3.63) is 27.9 Å². The van der Waals surface area contributed by atoms with Crippen LogP contribution in [0, 0.1) is 23.0 Å². The van der Waals surface area contributed by atoms with Crippen LogP contribution in [0.15, 0.2) is 12.3 Å². The monoisotopic (exact) mass is 309 g/mol. The third kappa shape index (κ3) is 3.57. The molecule has 1 aliphatic heterocycles. The molecule has 0 N–H and O–H groups in total. The van der Waals surface area contributed by atoms with Gasteiger partial charge in [0, 0.05) is 37.9 Å². The van der Waals surface area contributed by atoms with Crippen molar-refractivity contribution in [1.82, 2.24) is 4.98 Å². The summed E-state index contributed by atoms with van der Waals surface area (Å²) in [5.74, 6) is 0.445. The maximum atomic E-state index is 12.1. The van der Waals surface area contributed by atoms with Crippen LogP contribution in [0.25, 0.3) is 0 Å². The van der Waals surface area contributed by atoms with Crippen molar-refractivity contribution in [2.75, 3.05) is 17.2 Å². The van der Waals surface area contributed by atoms with Crippen molar-refractivity contribution < 1.29 is 14.5 Å². The molecule has 0 spiro atoms. The molecule has 1 amide bonds. The highest BCUT2D eigenvalue weighted by atomic mass is 32.2. The zero-order valence-electron chi connectivity index (χ0n) is 11.7. The Balaban J connectivity index is 2.21. The first-order valence-electron chi connectivity index (χ1n) is 6.43. The summed E-state index contributed by atoms with van der Waals surface area (Å²) in [5.41, 5.74) is 0.504. The van der Waals surface area contributed by atoms with Gasteiger partial charge in [-0.1, -0.05) is 11.8 Å². The molecular weight excluding hydrogens is 294 g/mol. The van der Waals surface area contributed by atoms with Crippen LogP contribution in [0.5, 0.6) is 0 Å². The molecule has 2 heterocycles. The molecule has 7 nitrogen and oxygen atoms in total. The number of aromatic nitrogens is 1. The van der Waals surface area contributed by atoms with Crippen LogP contribution in [-0.2, 0) is 9.59 Å². The number of amides is 1. The molecule has 112 valence electrons. The van der Waals surface area contributed by atoms with Crippen molar-refractivity contribution in [2.45, 2.75) is 20.3 Å². The Labute approximate surface area is 125 Å². The molecule has 1 unspecified atom stereocenters. The third-order valence-electron chi connectivity index (χ3n) is 3.16. The Kier molecular flexibility index (Phi) is 4.56. The van der Waals surface area contributed by atoms with Gasteiger partial charge in [0.2, 0.25) is 11.7 Å². The molecule has 0 bridgehead atoms. The molecule has 0 radical (unpaired) electrons. The van der Waals surface area contributed by atoms with Crippen LogP contribution in [0.2, 0.25) is 0 Å². The van der Waals surface area contributed by atoms with Gasteiger partial charge in [-0.15, -0.1) is 0 Å². The Morgan fingerprint density at radius 3 is 2.95 bits per heavy atom. The van der Waals surface area contributed by atoms with Crippen molar-refractivity contribution in [2.24, 2.45) is 5.92 Å². The first kappa shape index (κ1) is 15.4. The number of anilines is 1.